The Balaban J connectivity index is 2.18. The molecule has 6 heteroatoms. The lowest BCUT2D eigenvalue weighted by molar-refractivity contribution is 0.0945. The van der Waals surface area contributed by atoms with Crippen molar-refractivity contribution in [2.45, 2.75) is 32.9 Å². The summed E-state index contributed by atoms with van der Waals surface area (Å²) in [6, 6.07) is 0.287. The van der Waals surface area contributed by atoms with Crippen LogP contribution in [-0.2, 0) is 4.74 Å². The van der Waals surface area contributed by atoms with Crippen LogP contribution in [-0.4, -0.2) is 81.4 Å². The Morgan fingerprint density at radius 3 is 2.62 bits per heavy atom. The van der Waals surface area contributed by atoms with E-state index in [1.807, 2.05) is 6.92 Å². The van der Waals surface area contributed by atoms with Crippen molar-refractivity contribution in [2.24, 2.45) is 5.92 Å². The number of piperazine rings is 1. The Kier molecular flexibility index (Phi) is 8.00. The fourth-order valence-corrected chi connectivity index (χ4v) is 2.33. The zero-order valence-electron chi connectivity index (χ0n) is 14.2. The topological polar surface area (TPSA) is 56.8 Å². The number of nitrogens with one attached hydrogen (secondary N) is 2. The molecule has 0 aromatic rings. The van der Waals surface area contributed by atoms with E-state index in [0.29, 0.717) is 25.1 Å². The molecule has 0 aromatic carbocycles. The van der Waals surface area contributed by atoms with Crippen molar-refractivity contribution in [2.75, 3.05) is 53.5 Å². The quantitative estimate of drug-likeness (QED) is 0.723. The third-order valence-electron chi connectivity index (χ3n) is 3.67. The average molecular weight is 300 g/mol. The number of nitrogens with zero attached hydrogens (tertiary/aromatic N) is 2. The van der Waals surface area contributed by atoms with Crippen molar-refractivity contribution >= 4 is 6.03 Å². The summed E-state index contributed by atoms with van der Waals surface area (Å²) in [5, 5.41) is 5.87. The molecule has 0 radical (unpaired) electrons. The number of urea groups is 1. The van der Waals surface area contributed by atoms with E-state index >= 15 is 0 Å². The van der Waals surface area contributed by atoms with Crippen LogP contribution in [0.2, 0.25) is 0 Å². The molecule has 1 heterocycles. The van der Waals surface area contributed by atoms with Crippen molar-refractivity contribution in [1.29, 1.82) is 0 Å². The number of hydrogen-bond acceptors (Lipinski definition) is 4. The number of carbonyl (C=O) groups excluding carboxylic acids is 1. The van der Waals surface area contributed by atoms with Gasteiger partial charge in [-0.1, -0.05) is 13.8 Å². The van der Waals surface area contributed by atoms with Crippen LogP contribution in [0.1, 0.15) is 20.8 Å². The molecule has 6 nitrogen and oxygen atoms in total. The Bertz CT molecular complexity index is 312. The first kappa shape index (κ1) is 18.2. The summed E-state index contributed by atoms with van der Waals surface area (Å²) in [7, 11) is 4.23. The Morgan fingerprint density at radius 1 is 1.24 bits per heavy atom. The van der Waals surface area contributed by atoms with Gasteiger partial charge in [-0.05, 0) is 26.9 Å². The lowest BCUT2D eigenvalue weighted by Crippen LogP contribution is -2.55. The van der Waals surface area contributed by atoms with Gasteiger partial charge in [-0.15, -0.1) is 0 Å². The molecule has 1 aliphatic heterocycles. The van der Waals surface area contributed by atoms with Gasteiger partial charge in [-0.3, -0.25) is 4.90 Å². The summed E-state index contributed by atoms with van der Waals surface area (Å²) in [5.74, 6) is 0.518. The van der Waals surface area contributed by atoms with Gasteiger partial charge in [0, 0.05) is 38.8 Å². The van der Waals surface area contributed by atoms with Gasteiger partial charge in [0.2, 0.25) is 0 Å². The van der Waals surface area contributed by atoms with Crippen LogP contribution < -0.4 is 10.6 Å². The largest absolute Gasteiger partial charge is 0.379 e. The molecular formula is C15H32N4O2. The van der Waals surface area contributed by atoms with Crippen molar-refractivity contribution in [3.8, 4) is 0 Å². The van der Waals surface area contributed by atoms with Gasteiger partial charge >= 0.3 is 6.03 Å². The van der Waals surface area contributed by atoms with Crippen LogP contribution in [0.5, 0.6) is 0 Å². The number of amides is 2. The summed E-state index contributed by atoms with van der Waals surface area (Å²) in [6.07, 6.45) is 0. The highest BCUT2D eigenvalue weighted by Crippen LogP contribution is 2.04. The van der Waals surface area contributed by atoms with Crippen molar-refractivity contribution in [3.63, 3.8) is 0 Å². The number of rotatable bonds is 7. The third kappa shape index (κ3) is 7.64. The maximum Gasteiger partial charge on any atom is 0.315 e. The van der Waals surface area contributed by atoms with E-state index in [-0.39, 0.29) is 12.1 Å². The lowest BCUT2D eigenvalue weighted by Gasteiger charge is -2.37. The van der Waals surface area contributed by atoms with Crippen LogP contribution in [0, 0.1) is 5.92 Å². The van der Waals surface area contributed by atoms with Crippen molar-refractivity contribution in [1.82, 2.24) is 20.4 Å². The van der Waals surface area contributed by atoms with E-state index in [0.717, 1.165) is 26.2 Å². The molecule has 21 heavy (non-hydrogen) atoms. The molecule has 1 fully saturated rings. The van der Waals surface area contributed by atoms with Gasteiger partial charge in [0.15, 0.2) is 0 Å². The molecule has 2 N–H and O–H groups in total. The highest BCUT2D eigenvalue weighted by Gasteiger charge is 2.22. The minimum absolute atomic E-state index is 0.0236. The Morgan fingerprint density at radius 2 is 1.95 bits per heavy atom. The number of ether oxygens (including phenoxy) is 1. The molecule has 124 valence electrons. The first-order valence-electron chi connectivity index (χ1n) is 7.89. The van der Waals surface area contributed by atoms with Gasteiger partial charge in [-0.2, -0.15) is 0 Å². The summed E-state index contributed by atoms with van der Waals surface area (Å²) >= 11 is 0. The molecule has 0 aliphatic carbocycles. The van der Waals surface area contributed by atoms with Gasteiger partial charge in [0.05, 0.1) is 12.6 Å². The molecule has 0 bridgehead atoms. The average Bonchev–Trinajstić information content (AvgIpc) is 2.39. The maximum atomic E-state index is 11.9. The molecule has 0 spiro atoms. The minimum Gasteiger partial charge on any atom is -0.379 e. The van der Waals surface area contributed by atoms with Gasteiger partial charge in [0.25, 0.3) is 0 Å². The monoisotopic (exact) mass is 300 g/mol. The molecule has 0 saturated carbocycles. The first-order chi connectivity index (χ1) is 9.88. The van der Waals surface area contributed by atoms with E-state index in [1.165, 1.54) is 0 Å². The molecule has 2 atom stereocenters. The van der Waals surface area contributed by atoms with Crippen LogP contribution in [0.4, 0.5) is 4.79 Å². The third-order valence-corrected chi connectivity index (χ3v) is 3.67. The van der Waals surface area contributed by atoms with Crippen LogP contribution in [0.25, 0.3) is 0 Å². The summed E-state index contributed by atoms with van der Waals surface area (Å²) in [6.45, 7) is 11.3. The van der Waals surface area contributed by atoms with Gasteiger partial charge in [0.1, 0.15) is 0 Å². The fourth-order valence-electron chi connectivity index (χ4n) is 2.33. The molecule has 0 aromatic heterocycles. The van der Waals surface area contributed by atoms with Crippen LogP contribution in [0.3, 0.4) is 0 Å². The van der Waals surface area contributed by atoms with E-state index in [1.54, 1.807) is 0 Å². The summed E-state index contributed by atoms with van der Waals surface area (Å²) in [5.41, 5.74) is 0. The highest BCUT2D eigenvalue weighted by atomic mass is 16.5. The maximum absolute atomic E-state index is 11.9. The predicted molar refractivity (Wildman–Crippen MR) is 85.6 cm³/mol. The van der Waals surface area contributed by atoms with Crippen molar-refractivity contribution < 1.29 is 9.53 Å². The molecule has 1 rings (SSSR count). The second kappa shape index (κ2) is 9.23. The van der Waals surface area contributed by atoms with E-state index < -0.39 is 0 Å². The normalized spacial score (nSPS) is 22.3. The minimum atomic E-state index is -0.114. The first-order valence-corrected chi connectivity index (χ1v) is 7.89. The lowest BCUT2D eigenvalue weighted by atomic mass is 10.2. The molecule has 2 amide bonds. The molecular weight excluding hydrogens is 268 g/mol. The Labute approximate surface area is 129 Å². The zero-order chi connectivity index (χ0) is 15.8. The molecule has 1 aliphatic rings. The van der Waals surface area contributed by atoms with Gasteiger partial charge < -0.3 is 20.3 Å². The number of hydrogen-bond donors (Lipinski definition) is 2. The highest BCUT2D eigenvalue weighted by molar-refractivity contribution is 5.74. The smallest absolute Gasteiger partial charge is 0.315 e. The molecule has 1 saturated heterocycles. The van der Waals surface area contributed by atoms with Crippen molar-refractivity contribution in [3.05, 3.63) is 0 Å². The van der Waals surface area contributed by atoms with E-state index in [2.05, 4.69) is 48.4 Å². The number of likely N-dealkylation sites (N-methyl/N-ethyl adjacent to an activating group) is 2. The second-order valence-electron chi connectivity index (χ2n) is 6.58. The molecule has 0 unspecified atom stereocenters. The van der Waals surface area contributed by atoms with Crippen LogP contribution >= 0.6 is 0 Å². The summed E-state index contributed by atoms with van der Waals surface area (Å²) in [4.78, 5) is 16.5. The SMILES string of the molecule is CC(C)COC[C@@H](C)NC(=O)NC[C@H]1CN(C)CCN1C. The van der Waals surface area contributed by atoms with Gasteiger partial charge in [-0.25, -0.2) is 4.79 Å². The predicted octanol–water partition coefficient (Wildman–Crippen LogP) is 0.593. The number of carbonyl (C=O) groups is 1. The second-order valence-corrected chi connectivity index (χ2v) is 6.58. The van der Waals surface area contributed by atoms with E-state index in [9.17, 15) is 4.79 Å². The Hall–Kier alpha value is -0.850. The van der Waals surface area contributed by atoms with E-state index in [4.69, 9.17) is 4.74 Å². The van der Waals surface area contributed by atoms with Crippen LogP contribution in [0.15, 0.2) is 0 Å². The standard InChI is InChI=1S/C15H32N4O2/c1-12(2)10-21-11-13(3)17-15(20)16-8-14-9-18(4)6-7-19(14)5/h12-14H,6-11H2,1-5H3,(H2,16,17,20)/t13-,14+/m1/s1. The summed E-state index contributed by atoms with van der Waals surface area (Å²) < 4.78 is 5.53. The fraction of sp³-hybridized carbons (Fsp3) is 0.933. The zero-order valence-corrected chi connectivity index (χ0v) is 14.2.